The standard InChI is InChI=1S/C12H16BrNO2S/c1-9-7-10(3-4-11(9)13)17(15,16)14-8-12(2)5-6-12/h3-4,7,14H,5-6,8H2,1-2H3. The first kappa shape index (κ1) is 13.1. The van der Waals surface area contributed by atoms with Gasteiger partial charge in [0.25, 0.3) is 0 Å². The molecule has 1 fully saturated rings. The third kappa shape index (κ3) is 3.09. The van der Waals surface area contributed by atoms with E-state index in [0.717, 1.165) is 22.9 Å². The molecule has 0 aliphatic heterocycles. The van der Waals surface area contributed by atoms with Gasteiger partial charge in [0.2, 0.25) is 10.0 Å². The largest absolute Gasteiger partial charge is 0.240 e. The van der Waals surface area contributed by atoms with Crippen molar-refractivity contribution in [2.75, 3.05) is 6.54 Å². The Balaban J connectivity index is 2.16. The van der Waals surface area contributed by atoms with Gasteiger partial charge in [-0.15, -0.1) is 0 Å². The Morgan fingerprint density at radius 2 is 2.06 bits per heavy atom. The number of nitrogens with one attached hydrogen (secondary N) is 1. The normalized spacial score (nSPS) is 18.1. The van der Waals surface area contributed by atoms with E-state index in [1.54, 1.807) is 18.2 Å². The minimum absolute atomic E-state index is 0.178. The number of aryl methyl sites for hydroxylation is 1. The Morgan fingerprint density at radius 1 is 1.41 bits per heavy atom. The maximum atomic E-state index is 12.0. The topological polar surface area (TPSA) is 46.2 Å². The van der Waals surface area contributed by atoms with Gasteiger partial charge in [0, 0.05) is 11.0 Å². The second kappa shape index (κ2) is 4.37. The minimum atomic E-state index is -3.36. The van der Waals surface area contributed by atoms with Crippen molar-refractivity contribution >= 4 is 26.0 Å². The van der Waals surface area contributed by atoms with Crippen LogP contribution in [0.4, 0.5) is 0 Å². The highest BCUT2D eigenvalue weighted by molar-refractivity contribution is 9.10. The molecule has 0 saturated heterocycles. The summed E-state index contributed by atoms with van der Waals surface area (Å²) in [5.74, 6) is 0. The first-order valence-electron chi connectivity index (χ1n) is 5.58. The lowest BCUT2D eigenvalue weighted by molar-refractivity contribution is 0.530. The molecule has 1 aromatic carbocycles. The monoisotopic (exact) mass is 317 g/mol. The van der Waals surface area contributed by atoms with Gasteiger partial charge in [-0.1, -0.05) is 22.9 Å². The number of halogens is 1. The van der Waals surface area contributed by atoms with Gasteiger partial charge < -0.3 is 0 Å². The van der Waals surface area contributed by atoms with Crippen molar-refractivity contribution in [2.45, 2.75) is 31.6 Å². The third-order valence-electron chi connectivity index (χ3n) is 3.23. The molecule has 0 amide bonds. The zero-order chi connectivity index (χ0) is 12.7. The molecule has 1 aromatic rings. The Kier molecular flexibility index (Phi) is 3.36. The van der Waals surface area contributed by atoms with Crippen LogP contribution in [0.5, 0.6) is 0 Å². The summed E-state index contributed by atoms with van der Waals surface area (Å²) in [4.78, 5) is 0.336. The van der Waals surface area contributed by atoms with Crippen molar-refractivity contribution in [3.8, 4) is 0 Å². The first-order chi connectivity index (χ1) is 7.82. The summed E-state index contributed by atoms with van der Waals surface area (Å²) in [6.45, 7) is 4.51. The number of hydrogen-bond donors (Lipinski definition) is 1. The molecule has 0 aromatic heterocycles. The van der Waals surface area contributed by atoms with Gasteiger partial charge in [-0.05, 0) is 48.9 Å². The van der Waals surface area contributed by atoms with Crippen LogP contribution in [0, 0.1) is 12.3 Å². The molecule has 0 bridgehead atoms. The Labute approximate surface area is 111 Å². The predicted molar refractivity (Wildman–Crippen MR) is 71.4 cm³/mol. The lowest BCUT2D eigenvalue weighted by Gasteiger charge is -2.11. The van der Waals surface area contributed by atoms with Gasteiger partial charge in [-0.25, -0.2) is 13.1 Å². The maximum Gasteiger partial charge on any atom is 0.240 e. The van der Waals surface area contributed by atoms with E-state index >= 15 is 0 Å². The van der Waals surface area contributed by atoms with Crippen molar-refractivity contribution < 1.29 is 8.42 Å². The molecule has 0 unspecified atom stereocenters. The molecule has 2 rings (SSSR count). The van der Waals surface area contributed by atoms with Gasteiger partial charge in [-0.3, -0.25) is 0 Å². The second-order valence-corrected chi connectivity index (χ2v) is 7.67. The molecule has 1 aliphatic carbocycles. The van der Waals surface area contributed by atoms with Crippen LogP contribution >= 0.6 is 15.9 Å². The molecule has 0 spiro atoms. The Morgan fingerprint density at radius 3 is 2.59 bits per heavy atom. The molecule has 1 aliphatic rings. The van der Waals surface area contributed by atoms with Gasteiger partial charge in [0.15, 0.2) is 0 Å². The van der Waals surface area contributed by atoms with E-state index in [4.69, 9.17) is 0 Å². The van der Waals surface area contributed by atoms with E-state index in [0.29, 0.717) is 11.4 Å². The third-order valence-corrected chi connectivity index (χ3v) is 5.52. The van der Waals surface area contributed by atoms with E-state index in [1.807, 2.05) is 6.92 Å². The van der Waals surface area contributed by atoms with E-state index in [1.165, 1.54) is 0 Å². The van der Waals surface area contributed by atoms with Crippen molar-refractivity contribution in [1.29, 1.82) is 0 Å². The lowest BCUT2D eigenvalue weighted by atomic mass is 10.2. The molecule has 5 heteroatoms. The summed E-state index contributed by atoms with van der Waals surface area (Å²) in [6, 6.07) is 5.07. The van der Waals surface area contributed by atoms with Gasteiger partial charge in [-0.2, -0.15) is 0 Å². The number of rotatable bonds is 4. The van der Waals surface area contributed by atoms with Crippen molar-refractivity contribution in [1.82, 2.24) is 4.72 Å². The molecule has 1 N–H and O–H groups in total. The summed E-state index contributed by atoms with van der Waals surface area (Å²) < 4.78 is 27.7. The second-order valence-electron chi connectivity index (χ2n) is 5.05. The fraction of sp³-hybridized carbons (Fsp3) is 0.500. The summed E-state index contributed by atoms with van der Waals surface area (Å²) in [5, 5.41) is 0. The van der Waals surface area contributed by atoms with E-state index in [9.17, 15) is 8.42 Å². The summed E-state index contributed by atoms with van der Waals surface area (Å²) in [5.41, 5.74) is 1.10. The average Bonchev–Trinajstić information content (AvgIpc) is 2.99. The number of sulfonamides is 1. The maximum absolute atomic E-state index is 12.0. The number of benzene rings is 1. The first-order valence-corrected chi connectivity index (χ1v) is 7.86. The highest BCUT2D eigenvalue weighted by Gasteiger charge is 2.38. The zero-order valence-electron chi connectivity index (χ0n) is 9.96. The molecule has 0 heterocycles. The van der Waals surface area contributed by atoms with Crippen molar-refractivity contribution in [2.24, 2.45) is 5.41 Å². The van der Waals surface area contributed by atoms with Crippen LogP contribution in [0.2, 0.25) is 0 Å². The smallest absolute Gasteiger partial charge is 0.211 e. The minimum Gasteiger partial charge on any atom is -0.211 e. The fourth-order valence-electron chi connectivity index (χ4n) is 1.53. The van der Waals surface area contributed by atoms with Crippen LogP contribution in [-0.4, -0.2) is 15.0 Å². The Hall–Kier alpha value is -0.390. The van der Waals surface area contributed by atoms with Gasteiger partial charge >= 0.3 is 0 Å². The lowest BCUT2D eigenvalue weighted by Crippen LogP contribution is -2.29. The van der Waals surface area contributed by atoms with Crippen LogP contribution in [0.3, 0.4) is 0 Å². The highest BCUT2D eigenvalue weighted by atomic mass is 79.9. The van der Waals surface area contributed by atoms with E-state index < -0.39 is 10.0 Å². The van der Waals surface area contributed by atoms with Crippen LogP contribution in [-0.2, 0) is 10.0 Å². The molecule has 1 saturated carbocycles. The van der Waals surface area contributed by atoms with Gasteiger partial charge in [0.1, 0.15) is 0 Å². The number of hydrogen-bond acceptors (Lipinski definition) is 2. The summed E-state index contributed by atoms with van der Waals surface area (Å²) >= 11 is 3.36. The van der Waals surface area contributed by atoms with Crippen LogP contribution < -0.4 is 4.72 Å². The van der Waals surface area contributed by atoms with Crippen LogP contribution in [0.25, 0.3) is 0 Å². The molecule has 0 radical (unpaired) electrons. The highest BCUT2D eigenvalue weighted by Crippen LogP contribution is 2.44. The molecule has 94 valence electrons. The Bertz CT molecular complexity index is 535. The van der Waals surface area contributed by atoms with Crippen molar-refractivity contribution in [3.05, 3.63) is 28.2 Å². The quantitative estimate of drug-likeness (QED) is 0.928. The average molecular weight is 318 g/mol. The SMILES string of the molecule is Cc1cc(S(=O)(=O)NCC2(C)CC2)ccc1Br. The van der Waals surface area contributed by atoms with Crippen LogP contribution in [0.1, 0.15) is 25.3 Å². The van der Waals surface area contributed by atoms with E-state index in [-0.39, 0.29) is 5.41 Å². The zero-order valence-corrected chi connectivity index (χ0v) is 12.4. The van der Waals surface area contributed by atoms with Gasteiger partial charge in [0.05, 0.1) is 4.90 Å². The molecule has 0 atom stereocenters. The summed E-state index contributed by atoms with van der Waals surface area (Å²) in [6.07, 6.45) is 2.21. The summed E-state index contributed by atoms with van der Waals surface area (Å²) in [7, 11) is -3.36. The molecular weight excluding hydrogens is 302 g/mol. The predicted octanol–water partition coefficient (Wildman–Crippen LogP) is 2.84. The fourth-order valence-corrected chi connectivity index (χ4v) is 3.06. The van der Waals surface area contributed by atoms with Crippen LogP contribution in [0.15, 0.2) is 27.6 Å². The molecule has 17 heavy (non-hydrogen) atoms. The molecule has 3 nitrogen and oxygen atoms in total. The molecular formula is C12H16BrNO2S. The van der Waals surface area contributed by atoms with E-state index in [2.05, 4.69) is 27.6 Å². The van der Waals surface area contributed by atoms with Crippen molar-refractivity contribution in [3.63, 3.8) is 0 Å².